The molecule has 0 saturated carbocycles. The van der Waals surface area contributed by atoms with Crippen molar-refractivity contribution < 1.29 is 13.2 Å². The van der Waals surface area contributed by atoms with Crippen LogP contribution < -0.4 is 5.32 Å². The first-order chi connectivity index (χ1) is 8.06. The quantitative estimate of drug-likeness (QED) is 0.864. The summed E-state index contributed by atoms with van der Waals surface area (Å²) in [5, 5.41) is 4.44. The van der Waals surface area contributed by atoms with E-state index in [9.17, 15) is 13.2 Å². The van der Waals surface area contributed by atoms with E-state index in [-0.39, 0.29) is 6.54 Å². The third kappa shape index (κ3) is 3.20. The van der Waals surface area contributed by atoms with Crippen molar-refractivity contribution in [1.29, 1.82) is 0 Å². The van der Waals surface area contributed by atoms with Crippen molar-refractivity contribution >= 4 is 10.8 Å². The molecule has 2 aromatic rings. The molecule has 0 atom stereocenters. The average molecular weight is 239 g/mol. The molecular formula is C13H12F3N. The van der Waals surface area contributed by atoms with Crippen LogP contribution in [0.2, 0.25) is 0 Å². The van der Waals surface area contributed by atoms with Gasteiger partial charge >= 0.3 is 6.18 Å². The standard InChI is InChI=1S/C13H12F3N/c14-13(15,16)9-17-8-11-6-3-5-10-4-1-2-7-12(10)11/h1-7,17H,8-9H2. The van der Waals surface area contributed by atoms with Gasteiger partial charge in [0.05, 0.1) is 6.54 Å². The third-order valence-corrected chi connectivity index (χ3v) is 2.52. The molecule has 0 amide bonds. The predicted octanol–water partition coefficient (Wildman–Crippen LogP) is 3.49. The van der Waals surface area contributed by atoms with E-state index >= 15 is 0 Å². The second-order valence-electron chi connectivity index (χ2n) is 3.86. The molecule has 2 rings (SSSR count). The zero-order valence-electron chi connectivity index (χ0n) is 9.09. The molecule has 1 N–H and O–H groups in total. The van der Waals surface area contributed by atoms with Crippen LogP contribution in [-0.2, 0) is 6.54 Å². The van der Waals surface area contributed by atoms with E-state index in [0.29, 0.717) is 0 Å². The van der Waals surface area contributed by atoms with Gasteiger partial charge in [-0.15, -0.1) is 0 Å². The Kier molecular flexibility index (Phi) is 3.33. The van der Waals surface area contributed by atoms with E-state index in [0.717, 1.165) is 16.3 Å². The number of hydrogen-bond donors (Lipinski definition) is 1. The molecule has 0 fully saturated rings. The maximum absolute atomic E-state index is 12.0. The Labute approximate surface area is 97.3 Å². The molecule has 2 aromatic carbocycles. The second-order valence-corrected chi connectivity index (χ2v) is 3.86. The fraction of sp³-hybridized carbons (Fsp3) is 0.231. The number of fused-ring (bicyclic) bond motifs is 1. The molecular weight excluding hydrogens is 227 g/mol. The van der Waals surface area contributed by atoms with Gasteiger partial charge in [0.15, 0.2) is 0 Å². The van der Waals surface area contributed by atoms with Crippen LogP contribution in [0.5, 0.6) is 0 Å². The minimum Gasteiger partial charge on any atom is -0.305 e. The lowest BCUT2D eigenvalue weighted by molar-refractivity contribution is -0.125. The van der Waals surface area contributed by atoms with Gasteiger partial charge in [0.2, 0.25) is 0 Å². The van der Waals surface area contributed by atoms with Crippen molar-refractivity contribution in [3.63, 3.8) is 0 Å². The molecule has 0 heterocycles. The molecule has 0 saturated heterocycles. The summed E-state index contributed by atoms with van der Waals surface area (Å²) >= 11 is 0. The first kappa shape index (κ1) is 11.9. The van der Waals surface area contributed by atoms with Crippen LogP contribution in [0, 0.1) is 0 Å². The van der Waals surface area contributed by atoms with Crippen LogP contribution in [0.25, 0.3) is 10.8 Å². The van der Waals surface area contributed by atoms with Crippen LogP contribution in [0.4, 0.5) is 13.2 Å². The summed E-state index contributed by atoms with van der Waals surface area (Å²) in [6, 6.07) is 13.3. The zero-order chi connectivity index (χ0) is 12.3. The molecule has 0 spiro atoms. The molecule has 0 aromatic heterocycles. The van der Waals surface area contributed by atoms with Crippen LogP contribution in [0.3, 0.4) is 0 Å². The molecule has 0 aliphatic heterocycles. The van der Waals surface area contributed by atoms with Gasteiger partial charge in [-0.2, -0.15) is 13.2 Å². The minimum atomic E-state index is -4.16. The number of nitrogens with one attached hydrogen (secondary N) is 1. The fourth-order valence-electron chi connectivity index (χ4n) is 1.79. The highest BCUT2D eigenvalue weighted by Gasteiger charge is 2.26. The normalized spacial score (nSPS) is 11.9. The zero-order valence-corrected chi connectivity index (χ0v) is 9.09. The highest BCUT2D eigenvalue weighted by molar-refractivity contribution is 5.85. The summed E-state index contributed by atoms with van der Waals surface area (Å²) in [4.78, 5) is 0. The molecule has 0 radical (unpaired) electrons. The van der Waals surface area contributed by atoms with Gasteiger partial charge in [-0.05, 0) is 16.3 Å². The number of benzene rings is 2. The monoisotopic (exact) mass is 239 g/mol. The Morgan fingerprint density at radius 1 is 0.941 bits per heavy atom. The third-order valence-electron chi connectivity index (χ3n) is 2.52. The number of halogens is 3. The predicted molar refractivity (Wildman–Crippen MR) is 61.7 cm³/mol. The van der Waals surface area contributed by atoms with Gasteiger partial charge in [0, 0.05) is 6.54 Å². The second kappa shape index (κ2) is 4.75. The van der Waals surface area contributed by atoms with Crippen molar-refractivity contribution in [2.75, 3.05) is 6.54 Å². The van der Waals surface area contributed by atoms with Gasteiger partial charge in [-0.1, -0.05) is 42.5 Å². The van der Waals surface area contributed by atoms with Gasteiger partial charge < -0.3 is 5.32 Å². The van der Waals surface area contributed by atoms with Gasteiger partial charge in [-0.3, -0.25) is 0 Å². The van der Waals surface area contributed by atoms with Gasteiger partial charge in [0.1, 0.15) is 0 Å². The van der Waals surface area contributed by atoms with Crippen LogP contribution in [-0.4, -0.2) is 12.7 Å². The first-order valence-electron chi connectivity index (χ1n) is 5.30. The fourth-order valence-corrected chi connectivity index (χ4v) is 1.79. The van der Waals surface area contributed by atoms with Crippen molar-refractivity contribution in [3.8, 4) is 0 Å². The van der Waals surface area contributed by atoms with E-state index in [1.807, 2.05) is 42.5 Å². The van der Waals surface area contributed by atoms with Crippen LogP contribution >= 0.6 is 0 Å². The van der Waals surface area contributed by atoms with Crippen LogP contribution in [0.1, 0.15) is 5.56 Å². The van der Waals surface area contributed by atoms with E-state index < -0.39 is 12.7 Å². The summed E-state index contributed by atoms with van der Waals surface area (Å²) < 4.78 is 36.0. The molecule has 1 nitrogen and oxygen atoms in total. The highest BCUT2D eigenvalue weighted by atomic mass is 19.4. The molecule has 4 heteroatoms. The van der Waals surface area contributed by atoms with Crippen molar-refractivity contribution in [1.82, 2.24) is 5.32 Å². The number of alkyl halides is 3. The minimum absolute atomic E-state index is 0.223. The molecule has 0 bridgehead atoms. The molecule has 0 aliphatic carbocycles. The average Bonchev–Trinajstić information content (AvgIpc) is 2.28. The van der Waals surface area contributed by atoms with E-state index in [1.54, 1.807) is 0 Å². The lowest BCUT2D eigenvalue weighted by Crippen LogP contribution is -2.28. The molecule has 0 aliphatic rings. The highest BCUT2D eigenvalue weighted by Crippen LogP contribution is 2.19. The lowest BCUT2D eigenvalue weighted by Gasteiger charge is -2.10. The summed E-state index contributed by atoms with van der Waals surface area (Å²) in [5.74, 6) is 0. The first-order valence-corrected chi connectivity index (χ1v) is 5.30. The smallest absolute Gasteiger partial charge is 0.305 e. The summed E-state index contributed by atoms with van der Waals surface area (Å²) in [6.07, 6.45) is -4.16. The Morgan fingerprint density at radius 2 is 1.65 bits per heavy atom. The Bertz CT molecular complexity index is 500. The number of hydrogen-bond acceptors (Lipinski definition) is 1. The largest absolute Gasteiger partial charge is 0.401 e. The Hall–Kier alpha value is -1.55. The number of rotatable bonds is 3. The van der Waals surface area contributed by atoms with Crippen LogP contribution in [0.15, 0.2) is 42.5 Å². The SMILES string of the molecule is FC(F)(F)CNCc1cccc2ccccc12. The molecule has 90 valence electrons. The molecule has 17 heavy (non-hydrogen) atoms. The lowest BCUT2D eigenvalue weighted by atomic mass is 10.0. The van der Waals surface area contributed by atoms with Gasteiger partial charge in [-0.25, -0.2) is 0 Å². The van der Waals surface area contributed by atoms with E-state index in [4.69, 9.17) is 0 Å². The summed E-state index contributed by atoms with van der Waals surface area (Å²) in [7, 11) is 0. The molecule has 0 unspecified atom stereocenters. The van der Waals surface area contributed by atoms with Crippen molar-refractivity contribution in [3.05, 3.63) is 48.0 Å². The van der Waals surface area contributed by atoms with E-state index in [1.165, 1.54) is 0 Å². The topological polar surface area (TPSA) is 12.0 Å². The van der Waals surface area contributed by atoms with Gasteiger partial charge in [0.25, 0.3) is 0 Å². The Morgan fingerprint density at radius 3 is 2.41 bits per heavy atom. The summed E-state index contributed by atoms with van der Waals surface area (Å²) in [6.45, 7) is -0.739. The summed E-state index contributed by atoms with van der Waals surface area (Å²) in [5.41, 5.74) is 0.882. The van der Waals surface area contributed by atoms with Crippen molar-refractivity contribution in [2.45, 2.75) is 12.7 Å². The maximum atomic E-state index is 12.0. The van der Waals surface area contributed by atoms with Crippen molar-refractivity contribution in [2.24, 2.45) is 0 Å². The maximum Gasteiger partial charge on any atom is 0.401 e. The van der Waals surface area contributed by atoms with E-state index in [2.05, 4.69) is 5.32 Å². The Balaban J connectivity index is 2.13.